The van der Waals surface area contributed by atoms with Crippen LogP contribution in [0.15, 0.2) is 36.4 Å². The van der Waals surface area contributed by atoms with Crippen LogP contribution in [0, 0.1) is 11.3 Å². The highest BCUT2D eigenvalue weighted by Gasteiger charge is 2.53. The second-order valence-corrected chi connectivity index (χ2v) is 6.73. The summed E-state index contributed by atoms with van der Waals surface area (Å²) in [5.74, 6) is -0.447. The number of hydrogen-bond acceptors (Lipinski definition) is 3. The molecule has 25 heavy (non-hydrogen) atoms. The first-order valence-corrected chi connectivity index (χ1v) is 7.72. The number of alkyl halides is 3. The molecule has 1 aliphatic heterocycles. The van der Waals surface area contributed by atoms with Crippen molar-refractivity contribution in [1.29, 1.82) is 5.26 Å². The van der Waals surface area contributed by atoms with E-state index in [1.165, 1.54) is 12.1 Å². The van der Waals surface area contributed by atoms with Gasteiger partial charge in [0.25, 0.3) is 0 Å². The van der Waals surface area contributed by atoms with E-state index < -0.39 is 23.7 Å². The van der Waals surface area contributed by atoms with Crippen LogP contribution in [0.5, 0.6) is 0 Å². The molecule has 1 saturated heterocycles. The number of nitriles is 1. The van der Waals surface area contributed by atoms with E-state index in [1.807, 2.05) is 6.07 Å². The van der Waals surface area contributed by atoms with Crippen molar-refractivity contribution in [3.8, 4) is 6.07 Å². The fourth-order valence-corrected chi connectivity index (χ4v) is 3.28. The second kappa shape index (κ2) is 5.74. The summed E-state index contributed by atoms with van der Waals surface area (Å²) in [5.41, 5.74) is 1.65. The fourth-order valence-electron chi connectivity index (χ4n) is 3.28. The predicted molar refractivity (Wildman–Crippen MR) is 86.1 cm³/mol. The number of carbonyl (C=O) groups excluding carboxylic acids is 1. The zero-order valence-electron chi connectivity index (χ0n) is 13.7. The summed E-state index contributed by atoms with van der Waals surface area (Å²) in [6.07, 6.45) is -4.63. The summed E-state index contributed by atoms with van der Waals surface area (Å²) in [5, 5.41) is 11.0. The third-order valence-electron chi connectivity index (χ3n) is 4.40. The monoisotopic (exact) mass is 347 g/mol. The molecular formula is C18H16F3N3O. The van der Waals surface area contributed by atoms with Crippen LogP contribution in [0.25, 0.3) is 10.8 Å². The van der Waals surface area contributed by atoms with Crippen LogP contribution in [0.2, 0.25) is 0 Å². The molecule has 1 fully saturated rings. The van der Waals surface area contributed by atoms with Crippen LogP contribution in [0.1, 0.15) is 37.4 Å². The second-order valence-electron chi connectivity index (χ2n) is 6.73. The van der Waals surface area contributed by atoms with E-state index in [-0.39, 0.29) is 17.5 Å². The molecule has 1 heterocycles. The molecule has 3 rings (SSSR count). The Morgan fingerprint density at radius 2 is 2.00 bits per heavy atom. The molecule has 7 heteroatoms. The predicted octanol–water partition coefficient (Wildman–Crippen LogP) is 3.83. The molecule has 0 bridgehead atoms. The van der Waals surface area contributed by atoms with Crippen LogP contribution >= 0.6 is 0 Å². The third kappa shape index (κ3) is 3.05. The summed E-state index contributed by atoms with van der Waals surface area (Å²) in [4.78, 5) is 11.7. The van der Waals surface area contributed by atoms with Gasteiger partial charge in [-0.1, -0.05) is 24.3 Å². The van der Waals surface area contributed by atoms with Gasteiger partial charge in [0.1, 0.15) is 0 Å². The van der Waals surface area contributed by atoms with Crippen molar-refractivity contribution in [2.75, 3.05) is 0 Å². The minimum atomic E-state index is -4.61. The van der Waals surface area contributed by atoms with E-state index in [4.69, 9.17) is 5.26 Å². The van der Waals surface area contributed by atoms with E-state index in [9.17, 15) is 18.0 Å². The van der Waals surface area contributed by atoms with Crippen LogP contribution in [-0.4, -0.2) is 22.6 Å². The largest absolute Gasteiger partial charge is 0.409 e. The molecule has 0 aliphatic carbocycles. The van der Waals surface area contributed by atoms with Crippen LogP contribution in [-0.2, 0) is 4.79 Å². The number of benzene rings is 2. The van der Waals surface area contributed by atoms with Gasteiger partial charge in [-0.25, -0.2) is 0 Å². The number of nitrogens with one attached hydrogen (secondary N) is 1. The number of carbonyl (C=O) groups is 1. The maximum Gasteiger partial charge on any atom is 0.409 e. The first kappa shape index (κ1) is 17.2. The summed E-state index contributed by atoms with van der Waals surface area (Å²) >= 11 is 0. The van der Waals surface area contributed by atoms with Crippen LogP contribution < -0.4 is 5.43 Å². The molecule has 0 aromatic heterocycles. The van der Waals surface area contributed by atoms with Gasteiger partial charge in [0.2, 0.25) is 5.91 Å². The number of nitrogens with zero attached hydrogens (tertiary/aromatic N) is 2. The number of hydrogen-bond donors (Lipinski definition) is 1. The van der Waals surface area contributed by atoms with Gasteiger partial charge in [-0.15, -0.1) is 0 Å². The Bertz CT molecular complexity index is 883. The molecule has 130 valence electrons. The zero-order valence-corrected chi connectivity index (χ0v) is 13.7. The highest BCUT2D eigenvalue weighted by molar-refractivity contribution is 5.87. The lowest BCUT2D eigenvalue weighted by atomic mass is 9.93. The van der Waals surface area contributed by atoms with Gasteiger partial charge in [-0.05, 0) is 42.3 Å². The highest BCUT2D eigenvalue weighted by atomic mass is 19.4. The lowest BCUT2D eigenvalue weighted by Gasteiger charge is -2.38. The summed E-state index contributed by atoms with van der Waals surface area (Å²) in [7, 11) is 0. The van der Waals surface area contributed by atoms with Crippen molar-refractivity contribution < 1.29 is 18.0 Å². The third-order valence-corrected chi connectivity index (χ3v) is 4.40. The average Bonchev–Trinajstić information content (AvgIpc) is 2.78. The SMILES string of the molecule is CC1(C)CC(=O)NN1[C@@H](c1cccc2ccc(C#N)cc12)C(F)(F)F. The first-order chi connectivity index (χ1) is 11.6. The van der Waals surface area contributed by atoms with E-state index in [1.54, 1.807) is 38.1 Å². The van der Waals surface area contributed by atoms with Gasteiger partial charge in [0, 0.05) is 12.0 Å². The van der Waals surface area contributed by atoms with Gasteiger partial charge in [0.15, 0.2) is 6.04 Å². The van der Waals surface area contributed by atoms with E-state index >= 15 is 0 Å². The van der Waals surface area contributed by atoms with Crippen molar-refractivity contribution in [2.24, 2.45) is 0 Å². The standard InChI is InChI=1S/C18H16F3N3O/c1-17(2)9-15(25)23-24(17)16(18(19,20)21)13-5-3-4-12-7-6-11(10-22)8-14(12)13/h3-8,16H,9H2,1-2H3,(H,23,25)/t16-/m0/s1. The van der Waals surface area contributed by atoms with Crippen molar-refractivity contribution >= 4 is 16.7 Å². The molecule has 1 aliphatic rings. The molecule has 1 amide bonds. The molecule has 2 aromatic rings. The van der Waals surface area contributed by atoms with Crippen molar-refractivity contribution in [2.45, 2.75) is 38.0 Å². The number of amides is 1. The Hall–Kier alpha value is -2.59. The van der Waals surface area contributed by atoms with Crippen LogP contribution in [0.3, 0.4) is 0 Å². The Morgan fingerprint density at radius 3 is 2.56 bits per heavy atom. The maximum absolute atomic E-state index is 14.0. The van der Waals surface area contributed by atoms with E-state index in [0.29, 0.717) is 10.8 Å². The summed E-state index contributed by atoms with van der Waals surface area (Å²) < 4.78 is 41.9. The van der Waals surface area contributed by atoms with E-state index in [2.05, 4.69) is 5.43 Å². The molecule has 0 spiro atoms. The van der Waals surface area contributed by atoms with Gasteiger partial charge >= 0.3 is 6.18 Å². The average molecular weight is 347 g/mol. The Morgan fingerprint density at radius 1 is 1.28 bits per heavy atom. The van der Waals surface area contributed by atoms with Crippen molar-refractivity contribution in [1.82, 2.24) is 10.4 Å². The maximum atomic E-state index is 14.0. The minimum absolute atomic E-state index is 0.0115. The molecule has 4 nitrogen and oxygen atoms in total. The Labute approximate surface area is 142 Å². The lowest BCUT2D eigenvalue weighted by molar-refractivity contribution is -0.203. The summed E-state index contributed by atoms with van der Waals surface area (Å²) in [6.45, 7) is 3.19. The molecular weight excluding hydrogens is 331 g/mol. The van der Waals surface area contributed by atoms with Gasteiger partial charge < -0.3 is 0 Å². The highest BCUT2D eigenvalue weighted by Crippen LogP contribution is 2.44. The lowest BCUT2D eigenvalue weighted by Crippen LogP contribution is -2.51. The fraction of sp³-hybridized carbons (Fsp3) is 0.333. The van der Waals surface area contributed by atoms with Gasteiger partial charge in [-0.3, -0.25) is 10.2 Å². The first-order valence-electron chi connectivity index (χ1n) is 7.72. The van der Waals surface area contributed by atoms with Gasteiger partial charge in [-0.2, -0.15) is 23.4 Å². The van der Waals surface area contributed by atoms with E-state index in [0.717, 1.165) is 5.01 Å². The summed E-state index contributed by atoms with van der Waals surface area (Å²) in [6, 6.07) is 9.22. The Kier molecular flexibility index (Phi) is 3.96. The molecule has 1 atom stereocenters. The quantitative estimate of drug-likeness (QED) is 0.898. The van der Waals surface area contributed by atoms with Gasteiger partial charge in [0.05, 0.1) is 11.6 Å². The molecule has 0 saturated carbocycles. The Balaban J connectivity index is 2.24. The van der Waals surface area contributed by atoms with Crippen molar-refractivity contribution in [3.05, 3.63) is 47.5 Å². The van der Waals surface area contributed by atoms with Crippen LogP contribution in [0.4, 0.5) is 13.2 Å². The number of rotatable bonds is 2. The van der Waals surface area contributed by atoms with Crippen molar-refractivity contribution in [3.63, 3.8) is 0 Å². The molecule has 1 N–H and O–H groups in total. The number of halogens is 3. The number of hydrazine groups is 1. The topological polar surface area (TPSA) is 56.1 Å². The molecule has 0 radical (unpaired) electrons. The molecule has 2 aromatic carbocycles. The zero-order chi connectivity index (χ0) is 18.4. The normalized spacial score (nSPS) is 18.8. The smallest absolute Gasteiger partial charge is 0.287 e. The number of fused-ring (bicyclic) bond motifs is 1. The minimum Gasteiger partial charge on any atom is -0.287 e. The molecule has 0 unspecified atom stereocenters.